The Morgan fingerprint density at radius 3 is 2.93 bits per heavy atom. The number of aromatic nitrogens is 4. The van der Waals surface area contributed by atoms with Crippen molar-refractivity contribution < 1.29 is 4.79 Å². The van der Waals surface area contributed by atoms with E-state index in [4.69, 9.17) is 0 Å². The molecule has 0 bridgehead atoms. The van der Waals surface area contributed by atoms with Crippen molar-refractivity contribution in [2.24, 2.45) is 5.10 Å². The van der Waals surface area contributed by atoms with E-state index in [2.05, 4.69) is 25.5 Å². The molecule has 1 aliphatic rings. The number of fused-ring (bicyclic) bond motifs is 4. The maximum atomic E-state index is 12.9. The van der Waals surface area contributed by atoms with Crippen molar-refractivity contribution in [3.63, 3.8) is 0 Å². The monoisotopic (exact) mass is 418 g/mol. The maximum absolute atomic E-state index is 12.9. The first-order valence-corrected chi connectivity index (χ1v) is 10.5. The van der Waals surface area contributed by atoms with Crippen LogP contribution in [-0.4, -0.2) is 31.6 Å². The molecular weight excluding hydrogens is 400 g/mol. The van der Waals surface area contributed by atoms with Crippen LogP contribution in [0.5, 0.6) is 0 Å². The van der Waals surface area contributed by atoms with Crippen LogP contribution in [0.4, 0.5) is 0 Å². The molecule has 0 radical (unpaired) electrons. The van der Waals surface area contributed by atoms with Crippen LogP contribution in [0.15, 0.2) is 46.7 Å². The molecule has 0 fully saturated rings. The van der Waals surface area contributed by atoms with Crippen molar-refractivity contribution in [1.82, 2.24) is 24.9 Å². The fourth-order valence-electron chi connectivity index (χ4n) is 3.69. The number of aryl methyl sites for hydroxylation is 2. The fraction of sp³-hybridized carbons (Fsp3) is 0.238. The lowest BCUT2D eigenvalue weighted by molar-refractivity contribution is -0.121. The van der Waals surface area contributed by atoms with Crippen LogP contribution >= 0.6 is 11.3 Å². The number of nitrogens with one attached hydrogen (secondary N) is 1. The highest BCUT2D eigenvalue weighted by Crippen LogP contribution is 2.33. The Balaban J connectivity index is 1.31. The molecule has 1 N–H and O–H groups in total. The summed E-state index contributed by atoms with van der Waals surface area (Å²) in [5.41, 5.74) is 5.45. The molecular formula is C21H18N6O2S. The maximum Gasteiger partial charge on any atom is 0.262 e. The van der Waals surface area contributed by atoms with Gasteiger partial charge in [0.1, 0.15) is 17.1 Å². The predicted molar refractivity (Wildman–Crippen MR) is 116 cm³/mol. The van der Waals surface area contributed by atoms with Crippen LogP contribution in [0, 0.1) is 0 Å². The summed E-state index contributed by atoms with van der Waals surface area (Å²) in [6.07, 6.45) is 8.58. The average molecular weight is 418 g/mol. The summed E-state index contributed by atoms with van der Waals surface area (Å²) < 4.78 is 1.34. The van der Waals surface area contributed by atoms with E-state index in [0.29, 0.717) is 11.1 Å². The molecule has 5 rings (SSSR count). The van der Waals surface area contributed by atoms with Gasteiger partial charge in [0, 0.05) is 4.88 Å². The number of hydrazone groups is 1. The van der Waals surface area contributed by atoms with Gasteiger partial charge in [0.15, 0.2) is 0 Å². The van der Waals surface area contributed by atoms with Gasteiger partial charge in [-0.2, -0.15) is 5.10 Å². The van der Waals surface area contributed by atoms with Crippen molar-refractivity contribution in [3.05, 3.63) is 63.3 Å². The number of carbonyl (C=O) groups is 1. The van der Waals surface area contributed by atoms with E-state index in [0.717, 1.165) is 47.1 Å². The van der Waals surface area contributed by atoms with E-state index in [1.807, 2.05) is 24.3 Å². The number of nitrogens with zero attached hydrogens (tertiary/aromatic N) is 5. The molecule has 1 aromatic carbocycles. The van der Waals surface area contributed by atoms with Gasteiger partial charge in [0.05, 0.1) is 35.2 Å². The first kappa shape index (κ1) is 18.6. The van der Waals surface area contributed by atoms with Gasteiger partial charge in [-0.15, -0.1) is 11.3 Å². The topological polar surface area (TPSA) is 102 Å². The highest BCUT2D eigenvalue weighted by molar-refractivity contribution is 7.18. The fourth-order valence-corrected chi connectivity index (χ4v) is 4.91. The van der Waals surface area contributed by atoms with Gasteiger partial charge < -0.3 is 0 Å². The number of para-hydroxylation sites is 2. The first-order valence-electron chi connectivity index (χ1n) is 9.72. The molecule has 0 atom stereocenters. The van der Waals surface area contributed by atoms with Crippen LogP contribution in [0.1, 0.15) is 29.0 Å². The van der Waals surface area contributed by atoms with E-state index in [-0.39, 0.29) is 12.1 Å². The van der Waals surface area contributed by atoms with Crippen LogP contribution in [0.25, 0.3) is 21.3 Å². The zero-order valence-electron chi connectivity index (χ0n) is 16.0. The van der Waals surface area contributed by atoms with Crippen molar-refractivity contribution in [2.45, 2.75) is 32.2 Å². The third-order valence-corrected chi connectivity index (χ3v) is 6.31. The second-order valence-electron chi connectivity index (χ2n) is 7.15. The van der Waals surface area contributed by atoms with E-state index in [1.165, 1.54) is 22.0 Å². The van der Waals surface area contributed by atoms with Gasteiger partial charge in [-0.3, -0.25) is 19.1 Å². The van der Waals surface area contributed by atoms with Gasteiger partial charge in [-0.1, -0.05) is 12.1 Å². The number of amides is 1. The third-order valence-electron chi connectivity index (χ3n) is 5.11. The molecule has 4 aromatic rings. The number of rotatable bonds is 4. The van der Waals surface area contributed by atoms with Gasteiger partial charge in [-0.25, -0.2) is 15.4 Å². The smallest absolute Gasteiger partial charge is 0.262 e. The molecule has 0 aliphatic heterocycles. The Bertz CT molecular complexity index is 1360. The largest absolute Gasteiger partial charge is 0.289 e. The zero-order valence-corrected chi connectivity index (χ0v) is 16.9. The van der Waals surface area contributed by atoms with E-state index >= 15 is 0 Å². The number of carbonyl (C=O) groups excluding carboxylic acids is 1. The number of benzene rings is 1. The lowest BCUT2D eigenvalue weighted by Gasteiger charge is -2.10. The second-order valence-corrected chi connectivity index (χ2v) is 8.23. The molecule has 0 saturated carbocycles. The van der Waals surface area contributed by atoms with Crippen LogP contribution < -0.4 is 11.0 Å². The second kappa shape index (κ2) is 7.75. The average Bonchev–Trinajstić information content (AvgIpc) is 3.15. The number of hydrogen-bond donors (Lipinski definition) is 1. The molecule has 3 heterocycles. The summed E-state index contributed by atoms with van der Waals surface area (Å²) in [6, 6.07) is 7.51. The molecule has 8 nitrogen and oxygen atoms in total. The minimum absolute atomic E-state index is 0.146. The SMILES string of the molecule is O=C(Cn1cnc2sc3c(c2c1=O)CCCC3)NN=Cc1cnc2ccccc2n1. The van der Waals surface area contributed by atoms with Gasteiger partial charge in [0.25, 0.3) is 11.5 Å². The van der Waals surface area contributed by atoms with Gasteiger partial charge in [0.2, 0.25) is 0 Å². The Morgan fingerprint density at radius 1 is 1.20 bits per heavy atom. The predicted octanol–water partition coefficient (Wildman–Crippen LogP) is 2.43. The summed E-state index contributed by atoms with van der Waals surface area (Å²) in [5, 5.41) is 4.60. The Morgan fingerprint density at radius 2 is 2.03 bits per heavy atom. The van der Waals surface area contributed by atoms with Crippen molar-refractivity contribution in [1.29, 1.82) is 0 Å². The summed E-state index contributed by atoms with van der Waals surface area (Å²) in [5.74, 6) is -0.410. The lowest BCUT2D eigenvalue weighted by atomic mass is 9.97. The Kier molecular flexibility index (Phi) is 4.80. The molecule has 1 aliphatic carbocycles. The van der Waals surface area contributed by atoms with Crippen LogP contribution in [0.3, 0.4) is 0 Å². The normalized spacial score (nSPS) is 13.7. The third kappa shape index (κ3) is 3.48. The molecule has 9 heteroatoms. The lowest BCUT2D eigenvalue weighted by Crippen LogP contribution is -2.30. The van der Waals surface area contributed by atoms with Gasteiger partial charge in [-0.05, 0) is 43.4 Å². The molecule has 0 spiro atoms. The van der Waals surface area contributed by atoms with Crippen molar-refractivity contribution in [2.75, 3.05) is 0 Å². The molecule has 1 amide bonds. The van der Waals surface area contributed by atoms with Crippen molar-refractivity contribution in [3.8, 4) is 0 Å². The molecule has 0 unspecified atom stereocenters. The quantitative estimate of drug-likeness (QED) is 0.405. The molecule has 150 valence electrons. The standard InChI is InChI=1S/C21H18N6O2S/c28-18(26-24-10-13-9-22-15-6-2-3-7-16(15)25-13)11-27-12-23-20-19(21(27)29)14-5-1-4-8-17(14)30-20/h2-3,6-7,9-10,12H,1,4-5,8,11H2,(H,26,28). The molecule has 30 heavy (non-hydrogen) atoms. The summed E-state index contributed by atoms with van der Waals surface area (Å²) in [7, 11) is 0. The van der Waals surface area contributed by atoms with Crippen LogP contribution in [0.2, 0.25) is 0 Å². The Labute approximate surface area is 175 Å². The molecule has 0 saturated heterocycles. The minimum Gasteiger partial charge on any atom is -0.289 e. The molecule has 3 aromatic heterocycles. The number of thiophene rings is 1. The summed E-state index contributed by atoms with van der Waals surface area (Å²) in [6.45, 7) is -0.146. The van der Waals surface area contributed by atoms with E-state index in [9.17, 15) is 9.59 Å². The number of hydrogen-bond acceptors (Lipinski definition) is 7. The van der Waals surface area contributed by atoms with Crippen molar-refractivity contribution >= 4 is 44.7 Å². The highest BCUT2D eigenvalue weighted by atomic mass is 32.1. The van der Waals surface area contributed by atoms with E-state index in [1.54, 1.807) is 17.5 Å². The minimum atomic E-state index is -0.410. The van der Waals surface area contributed by atoms with Crippen LogP contribution in [-0.2, 0) is 24.2 Å². The summed E-state index contributed by atoms with van der Waals surface area (Å²) in [4.78, 5) is 40.3. The summed E-state index contributed by atoms with van der Waals surface area (Å²) >= 11 is 1.59. The first-order chi connectivity index (χ1) is 14.7. The van der Waals surface area contributed by atoms with E-state index < -0.39 is 5.91 Å². The van der Waals surface area contributed by atoms with Gasteiger partial charge >= 0.3 is 0 Å². The Hall–Kier alpha value is -3.46. The zero-order chi connectivity index (χ0) is 20.5. The highest BCUT2D eigenvalue weighted by Gasteiger charge is 2.20.